The van der Waals surface area contributed by atoms with Gasteiger partial charge in [0, 0.05) is 12.6 Å². The van der Waals surface area contributed by atoms with Crippen LogP contribution in [0.5, 0.6) is 0 Å². The van der Waals surface area contributed by atoms with E-state index >= 15 is 0 Å². The highest BCUT2D eigenvalue weighted by atomic mass is 32.1. The fourth-order valence-corrected chi connectivity index (χ4v) is 2.83. The first kappa shape index (κ1) is 15.5. The molecule has 112 valence electrons. The highest BCUT2D eigenvalue weighted by Gasteiger charge is 2.40. The first-order chi connectivity index (χ1) is 9.97. The Hall–Kier alpha value is -1.89. The molecule has 0 fully saturated rings. The monoisotopic (exact) mass is 308 g/mol. The second-order valence-corrected chi connectivity index (χ2v) is 5.57. The zero-order chi connectivity index (χ0) is 15.6. The average Bonchev–Trinajstić information content (AvgIpc) is 2.69. The molecule has 0 bridgehead atoms. The highest BCUT2D eigenvalue weighted by Crippen LogP contribution is 2.31. The van der Waals surface area contributed by atoms with Crippen molar-refractivity contribution in [2.75, 3.05) is 12.3 Å². The molecule has 1 aliphatic heterocycles. The van der Waals surface area contributed by atoms with Gasteiger partial charge in [0.05, 0.1) is 10.5 Å². The second-order valence-electron chi connectivity index (χ2n) is 5.12. The van der Waals surface area contributed by atoms with Gasteiger partial charge in [-0.25, -0.2) is 0 Å². The van der Waals surface area contributed by atoms with Crippen molar-refractivity contribution >= 4 is 30.1 Å². The number of amides is 2. The number of benzene rings is 1. The van der Waals surface area contributed by atoms with Gasteiger partial charge in [0.1, 0.15) is 5.56 Å². The molecule has 1 unspecified atom stereocenters. The molecule has 6 nitrogen and oxygen atoms in total. The quantitative estimate of drug-likeness (QED) is 0.379. The van der Waals surface area contributed by atoms with E-state index < -0.39 is 16.7 Å². The summed E-state index contributed by atoms with van der Waals surface area (Å²) >= 11 is 4.15. The Bertz CT molecular complexity index is 603. The normalized spacial score (nSPS) is 15.2. The third-order valence-corrected chi connectivity index (χ3v) is 3.90. The fourth-order valence-electron chi connectivity index (χ4n) is 2.39. The molecule has 0 saturated heterocycles. The van der Waals surface area contributed by atoms with E-state index in [1.165, 1.54) is 18.2 Å². The van der Waals surface area contributed by atoms with Gasteiger partial charge in [-0.3, -0.25) is 24.6 Å². The summed E-state index contributed by atoms with van der Waals surface area (Å²) in [6.07, 6.45) is 1.56. The zero-order valence-corrected chi connectivity index (χ0v) is 12.5. The predicted octanol–water partition coefficient (Wildman–Crippen LogP) is 2.54. The molecule has 1 aromatic rings. The van der Waals surface area contributed by atoms with Gasteiger partial charge in [0.2, 0.25) is 0 Å². The minimum absolute atomic E-state index is 0.0886. The van der Waals surface area contributed by atoms with Gasteiger partial charge in [-0.1, -0.05) is 13.0 Å². The molecule has 0 N–H and O–H groups in total. The van der Waals surface area contributed by atoms with E-state index in [2.05, 4.69) is 12.6 Å². The highest BCUT2D eigenvalue weighted by molar-refractivity contribution is 7.80. The molecule has 2 amide bonds. The maximum atomic E-state index is 12.3. The van der Waals surface area contributed by atoms with Crippen molar-refractivity contribution in [2.45, 2.75) is 19.8 Å². The molecule has 0 aromatic heterocycles. The summed E-state index contributed by atoms with van der Waals surface area (Å²) in [6, 6.07) is 4.13. The lowest BCUT2D eigenvalue weighted by atomic mass is 10.1. The smallest absolute Gasteiger partial charge is 0.274 e. The first-order valence-electron chi connectivity index (χ1n) is 6.71. The molecule has 1 aromatic carbocycles. The Morgan fingerprint density at radius 1 is 1.29 bits per heavy atom. The number of hydrogen-bond acceptors (Lipinski definition) is 5. The summed E-state index contributed by atoms with van der Waals surface area (Å²) in [7, 11) is 0. The lowest BCUT2D eigenvalue weighted by molar-refractivity contribution is -0.385. The number of imide groups is 1. The lowest BCUT2D eigenvalue weighted by Gasteiger charge is -2.16. The number of nitro benzene ring substituents is 1. The first-order valence-corrected chi connectivity index (χ1v) is 7.35. The molecule has 2 rings (SSSR count). The number of fused-ring (bicyclic) bond motifs is 1. The van der Waals surface area contributed by atoms with Crippen molar-refractivity contribution in [3.05, 3.63) is 39.4 Å². The summed E-state index contributed by atoms with van der Waals surface area (Å²) in [5.74, 6) is 0.0633. The summed E-state index contributed by atoms with van der Waals surface area (Å²) in [4.78, 5) is 36.0. The third kappa shape index (κ3) is 2.92. The number of thiol groups is 1. The van der Waals surface area contributed by atoms with Crippen LogP contribution in [0.1, 0.15) is 40.5 Å². The van der Waals surface area contributed by atoms with Gasteiger partial charge in [-0.15, -0.1) is 0 Å². The number of carbonyl (C=O) groups excluding carboxylic acids is 2. The molecule has 0 saturated carbocycles. The second kappa shape index (κ2) is 6.26. The van der Waals surface area contributed by atoms with Crippen molar-refractivity contribution in [3.63, 3.8) is 0 Å². The Morgan fingerprint density at radius 3 is 2.62 bits per heavy atom. The summed E-state index contributed by atoms with van der Waals surface area (Å²) < 4.78 is 0. The van der Waals surface area contributed by atoms with E-state index in [1.54, 1.807) is 0 Å². The van der Waals surface area contributed by atoms with Crippen molar-refractivity contribution in [3.8, 4) is 0 Å². The summed E-state index contributed by atoms with van der Waals surface area (Å²) in [5.41, 5.74) is -0.276. The topological polar surface area (TPSA) is 80.5 Å². The van der Waals surface area contributed by atoms with Gasteiger partial charge in [0.25, 0.3) is 17.5 Å². The van der Waals surface area contributed by atoms with Crippen LogP contribution < -0.4 is 0 Å². The van der Waals surface area contributed by atoms with Gasteiger partial charge in [-0.2, -0.15) is 12.6 Å². The van der Waals surface area contributed by atoms with Crippen molar-refractivity contribution in [1.82, 2.24) is 4.90 Å². The maximum Gasteiger partial charge on any atom is 0.282 e. The average molecular weight is 308 g/mol. The zero-order valence-electron chi connectivity index (χ0n) is 11.6. The Labute approximate surface area is 127 Å². The van der Waals surface area contributed by atoms with Gasteiger partial charge < -0.3 is 0 Å². The molecule has 1 aliphatic rings. The Kier molecular flexibility index (Phi) is 4.62. The molecular formula is C14H16N2O4S. The summed E-state index contributed by atoms with van der Waals surface area (Å²) in [5, 5.41) is 11.0. The van der Waals surface area contributed by atoms with Crippen molar-refractivity contribution < 1.29 is 14.5 Å². The van der Waals surface area contributed by atoms with Crippen LogP contribution in [0.25, 0.3) is 0 Å². The molecular weight excluding hydrogens is 292 g/mol. The van der Waals surface area contributed by atoms with Crippen LogP contribution in [0.2, 0.25) is 0 Å². The van der Waals surface area contributed by atoms with Crippen LogP contribution in [0.4, 0.5) is 5.69 Å². The fraction of sp³-hybridized carbons (Fsp3) is 0.429. The number of rotatable bonds is 6. The van der Waals surface area contributed by atoms with Crippen LogP contribution in [0.15, 0.2) is 18.2 Å². The lowest BCUT2D eigenvalue weighted by Crippen LogP contribution is -2.31. The summed E-state index contributed by atoms with van der Waals surface area (Å²) in [6.45, 7) is 2.30. The molecule has 1 atom stereocenters. The number of nitrogens with zero attached hydrogens (tertiary/aromatic N) is 2. The Morgan fingerprint density at radius 2 is 2.00 bits per heavy atom. The van der Waals surface area contributed by atoms with Gasteiger partial charge in [0.15, 0.2) is 0 Å². The minimum atomic E-state index is -0.628. The van der Waals surface area contributed by atoms with Crippen LogP contribution in [-0.2, 0) is 0 Å². The molecule has 21 heavy (non-hydrogen) atoms. The number of hydrogen-bond donors (Lipinski definition) is 1. The van der Waals surface area contributed by atoms with Crippen LogP contribution in [0, 0.1) is 16.0 Å². The van der Waals surface area contributed by atoms with Crippen molar-refractivity contribution in [1.29, 1.82) is 0 Å². The van der Waals surface area contributed by atoms with E-state index in [0.29, 0.717) is 12.3 Å². The van der Waals surface area contributed by atoms with E-state index in [1.807, 2.05) is 6.92 Å². The third-order valence-electron chi connectivity index (χ3n) is 3.64. The maximum absolute atomic E-state index is 12.3. The van der Waals surface area contributed by atoms with Crippen LogP contribution in [-0.4, -0.2) is 33.9 Å². The SMILES string of the molecule is CC(CCS)CCN1C(=O)c2cccc([N+](=O)[O-])c2C1=O. The molecule has 1 heterocycles. The molecule has 0 spiro atoms. The minimum Gasteiger partial charge on any atom is -0.274 e. The van der Waals surface area contributed by atoms with E-state index in [0.717, 1.165) is 17.1 Å². The van der Waals surface area contributed by atoms with E-state index in [4.69, 9.17) is 0 Å². The van der Waals surface area contributed by atoms with Gasteiger partial charge in [-0.05, 0) is 30.6 Å². The van der Waals surface area contributed by atoms with E-state index in [9.17, 15) is 19.7 Å². The van der Waals surface area contributed by atoms with Crippen molar-refractivity contribution in [2.24, 2.45) is 5.92 Å². The Balaban J connectivity index is 2.22. The molecule has 0 radical (unpaired) electrons. The largest absolute Gasteiger partial charge is 0.282 e. The van der Waals surface area contributed by atoms with E-state index in [-0.39, 0.29) is 23.4 Å². The number of nitro groups is 1. The standard InChI is InChI=1S/C14H16N2O4S/c1-9(6-8-21)5-7-15-13(17)10-3-2-4-11(16(19)20)12(10)14(15)18/h2-4,9,21H,5-8H2,1H3. The molecule has 7 heteroatoms. The number of carbonyl (C=O) groups is 2. The molecule has 0 aliphatic carbocycles. The van der Waals surface area contributed by atoms with Gasteiger partial charge >= 0.3 is 0 Å². The van der Waals surface area contributed by atoms with Crippen LogP contribution in [0.3, 0.4) is 0 Å². The van der Waals surface area contributed by atoms with Crippen LogP contribution >= 0.6 is 12.6 Å². The predicted molar refractivity (Wildman–Crippen MR) is 80.7 cm³/mol.